The van der Waals surface area contributed by atoms with Crippen LogP contribution >= 0.6 is 0 Å². The Balaban J connectivity index is 1.05. The molecule has 0 aromatic carbocycles. The SMILES string of the molecule is C[C@H](COC(=O)NS(=O)(=O)c1ccc(OC2(C)CCC2)cn1)[C@H]1CC[C@H]2[C@@H]3[C@H](O)C[C@@H]4C[C@H](O)CC[C@]4(C)[C@H]3CC[C@]12C. The molecule has 10 atom stereocenters. The maximum Gasteiger partial charge on any atom is 0.421 e. The van der Waals surface area contributed by atoms with E-state index in [0.717, 1.165) is 70.6 Å². The monoisotopic (exact) mass is 618 g/mol. The minimum Gasteiger partial charge on any atom is -0.486 e. The summed E-state index contributed by atoms with van der Waals surface area (Å²) in [5.74, 6) is 2.41. The van der Waals surface area contributed by atoms with Gasteiger partial charge in [0.05, 0.1) is 25.0 Å². The Kier molecular flexibility index (Phi) is 8.07. The van der Waals surface area contributed by atoms with Crippen LogP contribution in [0.15, 0.2) is 23.4 Å². The van der Waals surface area contributed by atoms with Gasteiger partial charge in [-0.05, 0) is 136 Å². The molecule has 0 bridgehead atoms. The van der Waals surface area contributed by atoms with E-state index in [0.29, 0.717) is 29.4 Å². The van der Waals surface area contributed by atoms with Gasteiger partial charge in [-0.1, -0.05) is 20.8 Å². The van der Waals surface area contributed by atoms with Gasteiger partial charge in [0.1, 0.15) is 11.4 Å². The lowest BCUT2D eigenvalue weighted by atomic mass is 9.43. The zero-order valence-corrected chi connectivity index (χ0v) is 26.9. The Morgan fingerprint density at radius 2 is 1.74 bits per heavy atom. The van der Waals surface area contributed by atoms with E-state index in [2.05, 4.69) is 25.8 Å². The van der Waals surface area contributed by atoms with Crippen LogP contribution in [-0.4, -0.2) is 54.1 Å². The predicted molar refractivity (Wildman–Crippen MR) is 161 cm³/mol. The number of nitrogens with zero attached hydrogens (tertiary/aromatic N) is 1. The molecule has 0 saturated heterocycles. The van der Waals surface area contributed by atoms with Crippen molar-refractivity contribution in [2.75, 3.05) is 6.61 Å². The van der Waals surface area contributed by atoms with Crippen LogP contribution in [-0.2, 0) is 14.8 Å². The van der Waals surface area contributed by atoms with E-state index < -0.39 is 16.1 Å². The van der Waals surface area contributed by atoms with Gasteiger partial charge >= 0.3 is 6.09 Å². The largest absolute Gasteiger partial charge is 0.486 e. The van der Waals surface area contributed by atoms with E-state index in [9.17, 15) is 23.4 Å². The molecule has 5 aliphatic rings. The minimum atomic E-state index is -4.18. The van der Waals surface area contributed by atoms with E-state index >= 15 is 0 Å². The molecule has 0 spiro atoms. The number of carbonyl (C=O) groups excluding carboxylic acids is 1. The lowest BCUT2D eigenvalue weighted by Gasteiger charge is -2.62. The third-order valence-corrected chi connectivity index (χ3v) is 14.1. The van der Waals surface area contributed by atoms with Gasteiger partial charge in [0.25, 0.3) is 10.0 Å². The number of nitrogens with one attached hydrogen (secondary N) is 1. The van der Waals surface area contributed by atoms with Crippen molar-refractivity contribution in [3.63, 3.8) is 0 Å². The van der Waals surface area contributed by atoms with Gasteiger partial charge in [0.2, 0.25) is 0 Å². The van der Waals surface area contributed by atoms with Crippen molar-refractivity contribution in [2.24, 2.45) is 46.3 Å². The molecule has 5 fully saturated rings. The standard InChI is InChI=1S/C33H50N2O7S/c1-20(19-41-30(38)35-43(39,40)28-9-6-23(18-34-28)42-31(2)12-5-13-31)24-7-8-25-29-26(11-15-33(24,25)4)32(3)14-10-22(36)16-21(32)17-27(29)37/h6,9,18,20-22,24-27,29,36-37H,5,7-8,10-17,19H2,1-4H3,(H,35,38)/t20-,21+,22-,24-,25+,26+,27-,29+,32+,33-/m1/s1. The van der Waals surface area contributed by atoms with Crippen LogP contribution in [0.25, 0.3) is 0 Å². The van der Waals surface area contributed by atoms with Crippen LogP contribution in [0.1, 0.15) is 98.3 Å². The van der Waals surface area contributed by atoms with Crippen LogP contribution in [0.5, 0.6) is 5.75 Å². The second-order valence-corrected chi connectivity index (χ2v) is 17.0. The number of amides is 1. The van der Waals surface area contributed by atoms with E-state index in [4.69, 9.17) is 9.47 Å². The molecular weight excluding hydrogens is 568 g/mol. The highest BCUT2D eigenvalue weighted by atomic mass is 32.2. The lowest BCUT2D eigenvalue weighted by molar-refractivity contribution is -0.174. The first kappa shape index (κ1) is 31.1. The predicted octanol–water partition coefficient (Wildman–Crippen LogP) is 5.44. The second-order valence-electron chi connectivity index (χ2n) is 15.4. The zero-order valence-electron chi connectivity index (χ0n) is 26.1. The van der Waals surface area contributed by atoms with E-state index in [-0.39, 0.29) is 52.1 Å². The first-order valence-electron chi connectivity index (χ1n) is 16.4. The molecule has 6 rings (SSSR count). The Morgan fingerprint density at radius 1 is 1.02 bits per heavy atom. The van der Waals surface area contributed by atoms with Gasteiger partial charge in [-0.25, -0.2) is 14.5 Å². The summed E-state index contributed by atoms with van der Waals surface area (Å²) < 4.78 is 39.0. The van der Waals surface area contributed by atoms with E-state index in [1.54, 1.807) is 6.07 Å². The molecule has 1 aromatic rings. The molecule has 3 N–H and O–H groups in total. The van der Waals surface area contributed by atoms with Crippen molar-refractivity contribution in [3.05, 3.63) is 18.3 Å². The van der Waals surface area contributed by atoms with Crippen molar-refractivity contribution in [3.8, 4) is 5.75 Å². The molecule has 1 heterocycles. The molecule has 0 unspecified atom stereocenters. The fourth-order valence-corrected chi connectivity index (χ4v) is 11.2. The van der Waals surface area contributed by atoms with Gasteiger partial charge in [-0.15, -0.1) is 0 Å². The molecule has 43 heavy (non-hydrogen) atoms. The number of ether oxygens (including phenoxy) is 2. The molecule has 0 aliphatic heterocycles. The summed E-state index contributed by atoms with van der Waals surface area (Å²) in [5, 5.41) is 21.5. The summed E-state index contributed by atoms with van der Waals surface area (Å²) in [6.45, 7) is 9.02. The van der Waals surface area contributed by atoms with Gasteiger partial charge in [0, 0.05) is 0 Å². The number of pyridine rings is 1. The third kappa shape index (κ3) is 5.58. The van der Waals surface area contributed by atoms with Gasteiger partial charge in [-0.2, -0.15) is 8.42 Å². The van der Waals surface area contributed by atoms with Crippen molar-refractivity contribution < 1.29 is 32.9 Å². The van der Waals surface area contributed by atoms with Gasteiger partial charge < -0.3 is 19.7 Å². The smallest absolute Gasteiger partial charge is 0.421 e. The number of aromatic nitrogens is 1. The topological polar surface area (TPSA) is 135 Å². The normalized spacial score (nSPS) is 40.7. The Morgan fingerprint density at radius 3 is 2.42 bits per heavy atom. The van der Waals surface area contributed by atoms with Gasteiger partial charge in [-0.3, -0.25) is 0 Å². The molecule has 0 radical (unpaired) electrons. The molecule has 9 nitrogen and oxygen atoms in total. The summed E-state index contributed by atoms with van der Waals surface area (Å²) in [5.41, 5.74) is -0.0131. The number of fused-ring (bicyclic) bond motifs is 5. The number of hydrogen-bond donors (Lipinski definition) is 3. The summed E-state index contributed by atoms with van der Waals surface area (Å²) in [6.07, 6.45) is 10.5. The number of hydrogen-bond acceptors (Lipinski definition) is 8. The first-order valence-corrected chi connectivity index (χ1v) is 17.9. The Hall–Kier alpha value is -1.91. The summed E-state index contributed by atoms with van der Waals surface area (Å²) in [6, 6.07) is 2.90. The number of aliphatic hydroxyl groups excluding tert-OH is 2. The highest BCUT2D eigenvalue weighted by Gasteiger charge is 2.63. The second kappa shape index (κ2) is 11.2. The number of sulfonamides is 1. The first-order chi connectivity index (χ1) is 20.2. The third-order valence-electron chi connectivity index (χ3n) is 12.9. The maximum atomic E-state index is 12.8. The van der Waals surface area contributed by atoms with Crippen molar-refractivity contribution in [2.45, 2.75) is 121 Å². The van der Waals surface area contributed by atoms with Crippen LogP contribution in [0.3, 0.4) is 0 Å². The van der Waals surface area contributed by atoms with E-state index in [1.807, 2.05) is 11.6 Å². The molecule has 1 aromatic heterocycles. The van der Waals surface area contributed by atoms with Gasteiger partial charge in [0.15, 0.2) is 5.03 Å². The number of aliphatic hydroxyl groups is 2. The molecule has 1 amide bonds. The van der Waals surface area contributed by atoms with Crippen LogP contribution < -0.4 is 9.46 Å². The van der Waals surface area contributed by atoms with Crippen molar-refractivity contribution in [1.82, 2.24) is 9.71 Å². The quantitative estimate of drug-likeness (QED) is 0.368. The maximum absolute atomic E-state index is 12.8. The van der Waals surface area contributed by atoms with Crippen LogP contribution in [0.4, 0.5) is 4.79 Å². The molecular formula is C33H50N2O7S. The van der Waals surface area contributed by atoms with Crippen molar-refractivity contribution >= 4 is 16.1 Å². The Bertz CT molecular complexity index is 1300. The fraction of sp³-hybridized carbons (Fsp3) is 0.818. The summed E-state index contributed by atoms with van der Waals surface area (Å²) in [7, 11) is -4.18. The molecule has 240 valence electrons. The van der Waals surface area contributed by atoms with E-state index in [1.165, 1.54) is 12.3 Å². The molecule has 5 aliphatic carbocycles. The molecule has 10 heteroatoms. The number of rotatable bonds is 7. The zero-order chi connectivity index (χ0) is 30.8. The van der Waals surface area contributed by atoms with Crippen molar-refractivity contribution in [1.29, 1.82) is 0 Å². The lowest BCUT2D eigenvalue weighted by Crippen LogP contribution is -2.58. The number of carbonyl (C=O) groups is 1. The average molecular weight is 619 g/mol. The highest BCUT2D eigenvalue weighted by Crippen LogP contribution is 2.68. The fourth-order valence-electron chi connectivity index (χ4n) is 10.3. The van der Waals surface area contributed by atoms with Crippen LogP contribution in [0, 0.1) is 46.3 Å². The Labute approximate surface area is 256 Å². The summed E-state index contributed by atoms with van der Waals surface area (Å²) in [4.78, 5) is 16.6. The highest BCUT2D eigenvalue weighted by molar-refractivity contribution is 7.90. The summed E-state index contributed by atoms with van der Waals surface area (Å²) >= 11 is 0. The average Bonchev–Trinajstić information content (AvgIpc) is 3.29. The van der Waals surface area contributed by atoms with Crippen LogP contribution in [0.2, 0.25) is 0 Å². The minimum absolute atomic E-state index is 0.0368. The molecule has 5 saturated carbocycles.